The van der Waals surface area contributed by atoms with E-state index in [0.717, 1.165) is 29.5 Å². The predicted molar refractivity (Wildman–Crippen MR) is 87.0 cm³/mol. The lowest BCUT2D eigenvalue weighted by molar-refractivity contribution is 0.597. The van der Waals surface area contributed by atoms with Gasteiger partial charge in [0, 0.05) is 5.56 Å². The Balaban J connectivity index is 2.26. The minimum absolute atomic E-state index is 0.0820. The van der Waals surface area contributed by atoms with Crippen LogP contribution in [-0.2, 0) is 0 Å². The lowest BCUT2D eigenvalue weighted by Gasteiger charge is -2.29. The molecule has 2 rings (SSSR count). The maximum absolute atomic E-state index is 13.5. The molecule has 0 saturated heterocycles. The second-order valence-corrected chi connectivity index (χ2v) is 9.35. The first-order chi connectivity index (χ1) is 9.92. The number of rotatable bonds is 2. The molecule has 3 heteroatoms. The minimum atomic E-state index is -0.752. The molecule has 0 aliphatic rings. The van der Waals surface area contributed by atoms with Crippen LogP contribution in [0.2, 0.25) is 0 Å². The average Bonchev–Trinajstić information content (AvgIpc) is 2.48. The topological polar surface area (TPSA) is 0 Å². The molecule has 21 heavy (non-hydrogen) atoms. The van der Waals surface area contributed by atoms with Gasteiger partial charge >= 0.3 is 0 Å². The Morgan fingerprint density at radius 1 is 0.952 bits per heavy atom. The fourth-order valence-electron chi connectivity index (χ4n) is 1.81. The fourth-order valence-corrected chi connectivity index (χ4v) is 3.01. The van der Waals surface area contributed by atoms with Crippen LogP contribution in [0.3, 0.4) is 0 Å². The molecule has 0 atom stereocenters. The summed E-state index contributed by atoms with van der Waals surface area (Å²) in [4.78, 5) is 1.33. The number of halogens is 2. The number of benzene rings is 2. The molecule has 0 unspecified atom stereocenters. The van der Waals surface area contributed by atoms with Crippen LogP contribution < -0.4 is 0 Å². The highest BCUT2D eigenvalue weighted by molar-refractivity contribution is 8.32. The van der Waals surface area contributed by atoms with Crippen LogP contribution in [0.1, 0.15) is 18.1 Å². The van der Waals surface area contributed by atoms with Gasteiger partial charge in [0.05, 0.1) is 5.56 Å². The van der Waals surface area contributed by atoms with Crippen molar-refractivity contribution in [2.24, 2.45) is 0 Å². The van der Waals surface area contributed by atoms with E-state index in [9.17, 15) is 8.78 Å². The standard InChI is InChI=1S/C18H18F2S/c1-4-21(2,3)17-10-6-14(7-11-17)5-8-15-13-16(19)9-12-18(15)20/h6-7,9-13H,4H2,1-3H3. The highest BCUT2D eigenvalue weighted by atomic mass is 32.3. The molecule has 0 radical (unpaired) electrons. The van der Waals surface area contributed by atoms with E-state index in [-0.39, 0.29) is 5.56 Å². The van der Waals surface area contributed by atoms with Crippen molar-refractivity contribution in [3.63, 3.8) is 0 Å². The van der Waals surface area contributed by atoms with Gasteiger partial charge in [-0.2, -0.15) is 0 Å². The van der Waals surface area contributed by atoms with E-state index in [2.05, 4.69) is 43.4 Å². The summed E-state index contributed by atoms with van der Waals surface area (Å²) in [5.41, 5.74) is 0.882. The van der Waals surface area contributed by atoms with Gasteiger partial charge in [-0.15, -0.1) is 0 Å². The van der Waals surface area contributed by atoms with Crippen molar-refractivity contribution in [2.45, 2.75) is 11.8 Å². The molecular weight excluding hydrogens is 286 g/mol. The smallest absolute Gasteiger partial charge is 0.139 e. The lowest BCUT2D eigenvalue weighted by Crippen LogP contribution is -1.98. The molecule has 0 aliphatic heterocycles. The molecule has 0 aromatic heterocycles. The third-order valence-corrected chi connectivity index (χ3v) is 6.48. The molecular formula is C18H18F2S. The first kappa shape index (κ1) is 15.6. The first-order valence-electron chi connectivity index (χ1n) is 6.70. The summed E-state index contributed by atoms with van der Waals surface area (Å²) in [6, 6.07) is 11.3. The molecule has 110 valence electrons. The van der Waals surface area contributed by atoms with Crippen LogP contribution >= 0.6 is 10.0 Å². The van der Waals surface area contributed by atoms with Gasteiger partial charge in [0.2, 0.25) is 0 Å². The lowest BCUT2D eigenvalue weighted by atomic mass is 10.1. The molecule has 2 aromatic rings. The molecule has 0 heterocycles. The Bertz CT molecular complexity index is 691. The van der Waals surface area contributed by atoms with E-state index in [1.165, 1.54) is 4.90 Å². The largest absolute Gasteiger partial charge is 0.221 e. The minimum Gasteiger partial charge on any atom is -0.221 e. The van der Waals surface area contributed by atoms with Crippen LogP contribution in [0.4, 0.5) is 8.78 Å². The van der Waals surface area contributed by atoms with E-state index in [1.807, 2.05) is 12.1 Å². The Kier molecular flexibility index (Phi) is 4.69. The van der Waals surface area contributed by atoms with Gasteiger partial charge in [0.25, 0.3) is 0 Å². The van der Waals surface area contributed by atoms with Crippen molar-refractivity contribution in [2.75, 3.05) is 18.3 Å². The highest BCUT2D eigenvalue weighted by Crippen LogP contribution is 2.48. The van der Waals surface area contributed by atoms with Gasteiger partial charge in [-0.1, -0.05) is 18.8 Å². The molecule has 2 aromatic carbocycles. The van der Waals surface area contributed by atoms with Crippen molar-refractivity contribution < 1.29 is 8.78 Å². The van der Waals surface area contributed by atoms with Crippen LogP contribution in [0.15, 0.2) is 47.4 Å². The summed E-state index contributed by atoms with van der Waals surface area (Å²) in [5.74, 6) is 5.71. The number of hydrogen-bond acceptors (Lipinski definition) is 0. The summed E-state index contributed by atoms with van der Waals surface area (Å²) in [6.45, 7) is 2.19. The molecule has 0 fully saturated rings. The Labute approximate surface area is 126 Å². The zero-order valence-corrected chi connectivity index (χ0v) is 13.2. The Hall–Kier alpha value is -1.79. The summed E-state index contributed by atoms with van der Waals surface area (Å²) in [5, 5.41) is 0. The van der Waals surface area contributed by atoms with Crippen molar-refractivity contribution in [3.8, 4) is 11.8 Å². The van der Waals surface area contributed by atoms with Crippen LogP contribution in [-0.4, -0.2) is 18.3 Å². The summed E-state index contributed by atoms with van der Waals surface area (Å²) in [6.07, 6.45) is 4.55. The van der Waals surface area contributed by atoms with Crippen molar-refractivity contribution in [1.82, 2.24) is 0 Å². The van der Waals surface area contributed by atoms with Gasteiger partial charge < -0.3 is 0 Å². The molecule has 0 N–H and O–H groups in total. The van der Waals surface area contributed by atoms with Gasteiger partial charge in [-0.3, -0.25) is 0 Å². The SMILES string of the molecule is CCS(C)(C)c1ccc(C#Cc2cc(F)ccc2F)cc1. The van der Waals surface area contributed by atoms with Crippen LogP contribution in [0.5, 0.6) is 0 Å². The van der Waals surface area contributed by atoms with Crippen LogP contribution in [0, 0.1) is 23.5 Å². The van der Waals surface area contributed by atoms with Crippen molar-refractivity contribution in [3.05, 3.63) is 65.2 Å². The molecule has 0 nitrogen and oxygen atoms in total. The summed E-state index contributed by atoms with van der Waals surface area (Å²) >= 11 is 0. The van der Waals surface area contributed by atoms with Gasteiger partial charge in [0.1, 0.15) is 11.6 Å². The van der Waals surface area contributed by atoms with E-state index in [1.54, 1.807) is 0 Å². The number of hydrogen-bond donors (Lipinski definition) is 0. The molecule has 0 spiro atoms. The van der Waals surface area contributed by atoms with Gasteiger partial charge in [0.15, 0.2) is 0 Å². The molecule has 0 saturated carbocycles. The monoisotopic (exact) mass is 304 g/mol. The summed E-state index contributed by atoms with van der Waals surface area (Å²) in [7, 11) is -0.752. The van der Waals surface area contributed by atoms with Gasteiger partial charge in [-0.25, -0.2) is 18.8 Å². The van der Waals surface area contributed by atoms with Crippen LogP contribution in [0.25, 0.3) is 0 Å². The maximum Gasteiger partial charge on any atom is 0.139 e. The quantitative estimate of drug-likeness (QED) is 0.699. The highest BCUT2D eigenvalue weighted by Gasteiger charge is 2.11. The second kappa shape index (κ2) is 6.32. The Morgan fingerprint density at radius 2 is 1.62 bits per heavy atom. The van der Waals surface area contributed by atoms with Gasteiger partial charge in [-0.05, 0) is 65.6 Å². The fraction of sp³-hybridized carbons (Fsp3) is 0.222. The van der Waals surface area contributed by atoms with E-state index in [0.29, 0.717) is 0 Å². The zero-order valence-electron chi connectivity index (χ0n) is 12.4. The van der Waals surface area contributed by atoms with Crippen molar-refractivity contribution >= 4 is 10.0 Å². The third kappa shape index (κ3) is 3.86. The second-order valence-electron chi connectivity index (χ2n) is 5.23. The average molecular weight is 304 g/mol. The van der Waals surface area contributed by atoms with E-state index >= 15 is 0 Å². The van der Waals surface area contributed by atoms with E-state index in [4.69, 9.17) is 0 Å². The molecule has 0 amide bonds. The molecule has 0 aliphatic carbocycles. The predicted octanol–water partition coefficient (Wildman–Crippen LogP) is 4.81. The van der Waals surface area contributed by atoms with Crippen molar-refractivity contribution in [1.29, 1.82) is 0 Å². The molecule has 0 bridgehead atoms. The summed E-state index contributed by atoms with van der Waals surface area (Å²) < 4.78 is 26.5. The zero-order chi connectivity index (χ0) is 15.5. The Morgan fingerprint density at radius 3 is 2.24 bits per heavy atom. The normalized spacial score (nSPS) is 11.7. The maximum atomic E-state index is 13.5. The van der Waals surface area contributed by atoms with E-state index < -0.39 is 21.7 Å². The first-order valence-corrected chi connectivity index (χ1v) is 9.32. The third-order valence-electron chi connectivity index (χ3n) is 3.48.